The molecule has 1 N–H and O–H groups in total. The highest BCUT2D eigenvalue weighted by atomic mass is 19.1. The first-order valence-electron chi connectivity index (χ1n) is 6.63. The summed E-state index contributed by atoms with van der Waals surface area (Å²) in [5, 5.41) is 7.30. The fourth-order valence-corrected chi connectivity index (χ4v) is 2.08. The maximum Gasteiger partial charge on any atom is 0.243 e. The van der Waals surface area contributed by atoms with E-state index in [2.05, 4.69) is 15.4 Å². The summed E-state index contributed by atoms with van der Waals surface area (Å²) in [5.74, 6) is 0.993. The van der Waals surface area contributed by atoms with E-state index in [9.17, 15) is 4.39 Å². The Labute approximate surface area is 121 Å². The lowest BCUT2D eigenvalue weighted by Crippen LogP contribution is -2.06. The normalized spacial score (nSPS) is 10.8. The molecule has 0 fully saturated rings. The number of methoxy groups -OCH3 is 1. The minimum absolute atomic E-state index is 0.338. The van der Waals surface area contributed by atoms with Crippen LogP contribution < -0.4 is 10.1 Å². The average molecular weight is 286 g/mol. The molecule has 0 unspecified atom stereocenters. The zero-order chi connectivity index (χ0) is 14.7. The molecule has 0 amide bonds. The summed E-state index contributed by atoms with van der Waals surface area (Å²) in [6.07, 6.45) is 2.12. The second-order valence-corrected chi connectivity index (χ2v) is 4.61. The van der Waals surface area contributed by atoms with Crippen LogP contribution in [0.2, 0.25) is 0 Å². The number of ether oxygens (including phenoxy) is 1. The lowest BCUT2D eigenvalue weighted by molar-refractivity contribution is 0.414. The van der Waals surface area contributed by atoms with Crippen molar-refractivity contribution in [3.63, 3.8) is 0 Å². The van der Waals surface area contributed by atoms with Crippen molar-refractivity contribution < 1.29 is 9.13 Å². The van der Waals surface area contributed by atoms with E-state index in [0.29, 0.717) is 18.1 Å². The van der Waals surface area contributed by atoms with Crippen LogP contribution in [0.15, 0.2) is 42.6 Å². The van der Waals surface area contributed by atoms with Gasteiger partial charge in [-0.25, -0.2) is 8.91 Å². The molecule has 108 valence electrons. The molecular weight excluding hydrogens is 271 g/mol. The molecule has 0 bridgehead atoms. The van der Waals surface area contributed by atoms with Crippen molar-refractivity contribution >= 4 is 11.6 Å². The van der Waals surface area contributed by atoms with Crippen molar-refractivity contribution in [3.8, 4) is 5.75 Å². The Bertz CT molecular complexity index is 756. The van der Waals surface area contributed by atoms with E-state index >= 15 is 0 Å². The molecule has 0 aliphatic carbocycles. The number of benzene rings is 1. The third kappa shape index (κ3) is 3.10. The van der Waals surface area contributed by atoms with Crippen molar-refractivity contribution in [2.24, 2.45) is 0 Å². The Morgan fingerprint density at radius 1 is 1.29 bits per heavy atom. The molecule has 2 aromatic heterocycles. The van der Waals surface area contributed by atoms with Gasteiger partial charge in [0.2, 0.25) is 5.95 Å². The molecule has 2 heterocycles. The quantitative estimate of drug-likeness (QED) is 0.783. The van der Waals surface area contributed by atoms with Crippen LogP contribution >= 0.6 is 0 Å². The fraction of sp³-hybridized carbons (Fsp3) is 0.200. The minimum atomic E-state index is -0.338. The highest BCUT2D eigenvalue weighted by Gasteiger charge is 2.04. The highest BCUT2D eigenvalue weighted by molar-refractivity contribution is 5.43. The lowest BCUT2D eigenvalue weighted by Gasteiger charge is -2.04. The number of halogens is 1. The van der Waals surface area contributed by atoms with E-state index in [1.807, 2.05) is 24.3 Å². The number of nitrogens with one attached hydrogen (secondary N) is 1. The van der Waals surface area contributed by atoms with Gasteiger partial charge in [0, 0.05) is 6.54 Å². The molecule has 0 aliphatic heterocycles. The second kappa shape index (κ2) is 5.78. The number of anilines is 1. The summed E-state index contributed by atoms with van der Waals surface area (Å²) >= 11 is 0. The summed E-state index contributed by atoms with van der Waals surface area (Å²) in [4.78, 5) is 4.27. The molecule has 0 saturated carbocycles. The topological polar surface area (TPSA) is 51.5 Å². The first-order valence-corrected chi connectivity index (χ1v) is 6.63. The molecule has 5 nitrogen and oxygen atoms in total. The average Bonchev–Trinajstić information content (AvgIpc) is 2.89. The molecule has 0 spiro atoms. The zero-order valence-electron chi connectivity index (χ0n) is 11.6. The van der Waals surface area contributed by atoms with Crippen molar-refractivity contribution in [1.29, 1.82) is 0 Å². The fourth-order valence-electron chi connectivity index (χ4n) is 2.08. The van der Waals surface area contributed by atoms with Crippen LogP contribution in [0, 0.1) is 5.82 Å². The monoisotopic (exact) mass is 286 g/mol. The predicted octanol–water partition coefficient (Wildman–Crippen LogP) is 2.53. The summed E-state index contributed by atoms with van der Waals surface area (Å²) < 4.78 is 19.7. The van der Waals surface area contributed by atoms with E-state index < -0.39 is 0 Å². The largest absolute Gasteiger partial charge is 0.497 e. The third-order valence-electron chi connectivity index (χ3n) is 3.13. The van der Waals surface area contributed by atoms with Crippen LogP contribution in [-0.2, 0) is 6.42 Å². The van der Waals surface area contributed by atoms with E-state index in [-0.39, 0.29) is 5.82 Å². The lowest BCUT2D eigenvalue weighted by atomic mass is 10.1. The number of aromatic nitrogens is 3. The van der Waals surface area contributed by atoms with Crippen LogP contribution in [0.1, 0.15) is 5.56 Å². The molecule has 3 aromatic rings. The standard InChI is InChI=1S/C15H15FN4O/c1-21-13-4-2-3-11(9-13)7-8-17-15-18-14-6-5-12(16)10-20(14)19-15/h2-6,9-10H,7-8H2,1H3,(H,17,19). The van der Waals surface area contributed by atoms with Gasteiger partial charge in [0.15, 0.2) is 5.65 Å². The number of nitrogens with zero attached hydrogens (tertiary/aromatic N) is 3. The number of pyridine rings is 1. The van der Waals surface area contributed by atoms with Gasteiger partial charge in [0.1, 0.15) is 11.6 Å². The van der Waals surface area contributed by atoms with Gasteiger partial charge in [0.05, 0.1) is 13.3 Å². The maximum atomic E-state index is 13.1. The SMILES string of the molecule is COc1cccc(CCNc2nc3ccc(F)cn3n2)c1. The Hall–Kier alpha value is -2.63. The van der Waals surface area contributed by atoms with Gasteiger partial charge in [-0.05, 0) is 36.2 Å². The smallest absolute Gasteiger partial charge is 0.243 e. The van der Waals surface area contributed by atoms with Crippen molar-refractivity contribution in [2.75, 3.05) is 19.0 Å². The number of hydrogen-bond donors (Lipinski definition) is 1. The van der Waals surface area contributed by atoms with Gasteiger partial charge in [-0.2, -0.15) is 4.98 Å². The Morgan fingerprint density at radius 2 is 2.19 bits per heavy atom. The Kier molecular flexibility index (Phi) is 3.68. The van der Waals surface area contributed by atoms with Crippen molar-refractivity contribution in [2.45, 2.75) is 6.42 Å². The van der Waals surface area contributed by atoms with Gasteiger partial charge in [0.25, 0.3) is 0 Å². The minimum Gasteiger partial charge on any atom is -0.497 e. The predicted molar refractivity (Wildman–Crippen MR) is 78.1 cm³/mol. The van der Waals surface area contributed by atoms with Crippen LogP contribution in [0.5, 0.6) is 5.75 Å². The van der Waals surface area contributed by atoms with Gasteiger partial charge in [-0.15, -0.1) is 5.10 Å². The van der Waals surface area contributed by atoms with Crippen molar-refractivity contribution in [1.82, 2.24) is 14.6 Å². The van der Waals surface area contributed by atoms with Crippen molar-refractivity contribution in [3.05, 3.63) is 54.0 Å². The summed E-state index contributed by atoms with van der Waals surface area (Å²) in [7, 11) is 1.65. The summed E-state index contributed by atoms with van der Waals surface area (Å²) in [6.45, 7) is 0.687. The Balaban J connectivity index is 1.63. The Morgan fingerprint density at radius 3 is 3.05 bits per heavy atom. The van der Waals surface area contributed by atoms with E-state index in [1.165, 1.54) is 16.8 Å². The molecule has 21 heavy (non-hydrogen) atoms. The van der Waals surface area contributed by atoms with Crippen LogP contribution in [-0.4, -0.2) is 28.3 Å². The molecule has 6 heteroatoms. The highest BCUT2D eigenvalue weighted by Crippen LogP contribution is 2.13. The first kappa shape index (κ1) is 13.4. The number of rotatable bonds is 5. The van der Waals surface area contributed by atoms with E-state index in [1.54, 1.807) is 13.2 Å². The first-order chi connectivity index (χ1) is 10.2. The van der Waals surface area contributed by atoms with Crippen LogP contribution in [0.25, 0.3) is 5.65 Å². The van der Waals surface area contributed by atoms with Gasteiger partial charge in [-0.1, -0.05) is 12.1 Å². The molecule has 0 saturated heterocycles. The third-order valence-corrected chi connectivity index (χ3v) is 3.13. The van der Waals surface area contributed by atoms with Crippen LogP contribution in [0.3, 0.4) is 0 Å². The summed E-state index contributed by atoms with van der Waals surface area (Å²) in [6, 6.07) is 10.9. The van der Waals surface area contributed by atoms with Gasteiger partial charge < -0.3 is 10.1 Å². The number of hydrogen-bond acceptors (Lipinski definition) is 4. The van der Waals surface area contributed by atoms with Gasteiger partial charge in [-0.3, -0.25) is 0 Å². The zero-order valence-corrected chi connectivity index (χ0v) is 11.6. The molecule has 0 atom stereocenters. The molecule has 1 aromatic carbocycles. The van der Waals surface area contributed by atoms with E-state index in [4.69, 9.17) is 4.74 Å². The molecule has 0 radical (unpaired) electrons. The molecule has 3 rings (SSSR count). The van der Waals surface area contributed by atoms with Gasteiger partial charge >= 0.3 is 0 Å². The number of fused-ring (bicyclic) bond motifs is 1. The molecular formula is C15H15FN4O. The van der Waals surface area contributed by atoms with Crippen LogP contribution in [0.4, 0.5) is 10.3 Å². The van der Waals surface area contributed by atoms with E-state index in [0.717, 1.165) is 17.7 Å². The summed E-state index contributed by atoms with van der Waals surface area (Å²) in [5.41, 5.74) is 1.77. The second-order valence-electron chi connectivity index (χ2n) is 4.61. The molecule has 0 aliphatic rings. The maximum absolute atomic E-state index is 13.1.